The average molecular weight is 483 g/mol. The number of hydrogen-bond acceptors (Lipinski definition) is 6. The van der Waals surface area contributed by atoms with Crippen molar-refractivity contribution < 1.29 is 9.59 Å². The van der Waals surface area contributed by atoms with Crippen molar-refractivity contribution in [3.63, 3.8) is 0 Å². The number of aromatic nitrogens is 1. The van der Waals surface area contributed by atoms with Crippen LogP contribution in [0.25, 0.3) is 0 Å². The molecular weight excluding hydrogens is 452 g/mol. The second kappa shape index (κ2) is 10.3. The van der Waals surface area contributed by atoms with Crippen molar-refractivity contribution >= 4 is 29.1 Å². The Balaban J connectivity index is 1.08. The Hall–Kier alpha value is -2.68. The molecule has 3 saturated heterocycles. The Morgan fingerprint density at radius 2 is 1.68 bits per heavy atom. The van der Waals surface area contributed by atoms with E-state index in [9.17, 15) is 9.59 Å². The molecule has 0 spiro atoms. The summed E-state index contributed by atoms with van der Waals surface area (Å²) in [5.41, 5.74) is 8.55. The van der Waals surface area contributed by atoms with E-state index >= 15 is 0 Å². The molecule has 2 unspecified atom stereocenters. The molecule has 3 fully saturated rings. The molecule has 4 heterocycles. The summed E-state index contributed by atoms with van der Waals surface area (Å²) in [6.07, 6.45) is 5.73. The Labute approximate surface area is 205 Å². The molecule has 2 atom stereocenters. The molecule has 1 aromatic carbocycles. The lowest BCUT2D eigenvalue weighted by Crippen LogP contribution is -2.53. The highest BCUT2D eigenvalue weighted by Gasteiger charge is 2.36. The van der Waals surface area contributed by atoms with Gasteiger partial charge in [-0.1, -0.05) is 23.7 Å². The van der Waals surface area contributed by atoms with Gasteiger partial charge in [-0.2, -0.15) is 0 Å². The van der Waals surface area contributed by atoms with Gasteiger partial charge < -0.3 is 14.7 Å². The van der Waals surface area contributed by atoms with E-state index in [2.05, 4.69) is 26.8 Å². The number of likely N-dealkylation sites (tertiary alicyclic amines) is 1. The maximum atomic E-state index is 13.1. The molecule has 34 heavy (non-hydrogen) atoms. The number of hydrogen-bond donors (Lipinski definition) is 2. The summed E-state index contributed by atoms with van der Waals surface area (Å²) < 4.78 is 0. The number of halogens is 1. The highest BCUT2D eigenvalue weighted by molar-refractivity contribution is 6.30. The normalized spacial score (nSPS) is 23.9. The summed E-state index contributed by atoms with van der Waals surface area (Å²) in [5.74, 6) is 0.342. The van der Waals surface area contributed by atoms with Crippen molar-refractivity contribution in [3.05, 3.63) is 59.4 Å². The van der Waals surface area contributed by atoms with Gasteiger partial charge in [-0.25, -0.2) is 10.9 Å². The minimum absolute atomic E-state index is 0.000395. The first kappa shape index (κ1) is 23.1. The number of carbonyl (C=O) groups is 2. The molecular formula is C25H31ClN6O2. The van der Waals surface area contributed by atoms with E-state index in [0.717, 1.165) is 55.3 Å². The molecule has 3 aliphatic rings. The predicted octanol–water partition coefficient (Wildman–Crippen LogP) is 2.23. The summed E-state index contributed by atoms with van der Waals surface area (Å²) in [4.78, 5) is 36.5. The van der Waals surface area contributed by atoms with Crippen molar-refractivity contribution in [2.24, 2.45) is 5.92 Å². The van der Waals surface area contributed by atoms with Gasteiger partial charge in [-0.3, -0.25) is 14.6 Å². The fourth-order valence-electron chi connectivity index (χ4n) is 5.20. The van der Waals surface area contributed by atoms with E-state index in [1.54, 1.807) is 6.20 Å². The SMILES string of the molecule is O=C(C1CCN(C(=O)C2CC(c3cccnc3)NN2)CC1)N1CCN(c2cccc(Cl)c2)CC1. The van der Waals surface area contributed by atoms with Gasteiger partial charge in [0, 0.05) is 74.3 Å². The predicted molar refractivity (Wildman–Crippen MR) is 131 cm³/mol. The molecule has 0 aliphatic carbocycles. The van der Waals surface area contributed by atoms with Gasteiger partial charge in [0.25, 0.3) is 0 Å². The van der Waals surface area contributed by atoms with Gasteiger partial charge in [-0.15, -0.1) is 0 Å². The maximum Gasteiger partial charge on any atom is 0.241 e. The van der Waals surface area contributed by atoms with Crippen molar-refractivity contribution in [3.8, 4) is 0 Å². The van der Waals surface area contributed by atoms with E-state index in [1.807, 2.05) is 46.3 Å². The quantitative estimate of drug-likeness (QED) is 0.695. The third-order valence-electron chi connectivity index (χ3n) is 7.21. The maximum absolute atomic E-state index is 13.1. The van der Waals surface area contributed by atoms with Gasteiger partial charge >= 0.3 is 0 Å². The van der Waals surface area contributed by atoms with Gasteiger partial charge in [0.05, 0.1) is 0 Å². The minimum Gasteiger partial charge on any atom is -0.368 e. The number of amides is 2. The number of rotatable bonds is 4. The zero-order valence-corrected chi connectivity index (χ0v) is 20.0. The van der Waals surface area contributed by atoms with Crippen molar-refractivity contribution in [2.45, 2.75) is 31.3 Å². The van der Waals surface area contributed by atoms with Crippen LogP contribution >= 0.6 is 11.6 Å². The summed E-state index contributed by atoms with van der Waals surface area (Å²) in [5, 5.41) is 0.730. The topological polar surface area (TPSA) is 80.8 Å². The molecule has 0 bridgehead atoms. The molecule has 5 rings (SSSR count). The van der Waals surface area contributed by atoms with Crippen LogP contribution in [0.1, 0.15) is 30.9 Å². The Kier molecular flexibility index (Phi) is 6.99. The number of piperazine rings is 1. The smallest absolute Gasteiger partial charge is 0.241 e. The number of nitrogens with zero attached hydrogens (tertiary/aromatic N) is 4. The Morgan fingerprint density at radius 3 is 2.38 bits per heavy atom. The molecule has 0 radical (unpaired) electrons. The zero-order chi connectivity index (χ0) is 23.5. The van der Waals surface area contributed by atoms with E-state index in [1.165, 1.54) is 0 Å². The number of hydrazine groups is 1. The number of benzene rings is 1. The lowest BCUT2D eigenvalue weighted by Gasteiger charge is -2.39. The molecule has 3 aliphatic heterocycles. The lowest BCUT2D eigenvalue weighted by atomic mass is 9.94. The van der Waals surface area contributed by atoms with Crippen LogP contribution in [0.5, 0.6) is 0 Å². The highest BCUT2D eigenvalue weighted by Crippen LogP contribution is 2.26. The molecule has 0 saturated carbocycles. The molecule has 1 aromatic heterocycles. The monoisotopic (exact) mass is 482 g/mol. The molecule has 180 valence electrons. The summed E-state index contributed by atoms with van der Waals surface area (Å²) in [6.45, 7) is 4.32. The van der Waals surface area contributed by atoms with Crippen LogP contribution in [0, 0.1) is 5.92 Å². The first-order valence-electron chi connectivity index (χ1n) is 12.1. The van der Waals surface area contributed by atoms with Gasteiger partial charge in [0.1, 0.15) is 6.04 Å². The number of pyridine rings is 1. The lowest BCUT2D eigenvalue weighted by molar-refractivity contribution is -0.141. The van der Waals surface area contributed by atoms with Gasteiger partial charge in [0.15, 0.2) is 0 Å². The van der Waals surface area contributed by atoms with Crippen molar-refractivity contribution in [1.29, 1.82) is 0 Å². The fraction of sp³-hybridized carbons (Fsp3) is 0.480. The van der Waals surface area contributed by atoms with Crippen LogP contribution in [-0.4, -0.2) is 71.9 Å². The van der Waals surface area contributed by atoms with Crippen LogP contribution in [0.3, 0.4) is 0 Å². The number of piperidine rings is 1. The second-order valence-corrected chi connectivity index (χ2v) is 9.74. The third kappa shape index (κ3) is 5.04. The largest absolute Gasteiger partial charge is 0.368 e. The van der Waals surface area contributed by atoms with Crippen LogP contribution in [0.4, 0.5) is 5.69 Å². The van der Waals surface area contributed by atoms with Crippen LogP contribution in [0.15, 0.2) is 48.8 Å². The van der Waals surface area contributed by atoms with Crippen LogP contribution in [-0.2, 0) is 9.59 Å². The minimum atomic E-state index is -0.253. The van der Waals surface area contributed by atoms with E-state index in [0.29, 0.717) is 19.5 Å². The molecule has 8 nitrogen and oxygen atoms in total. The average Bonchev–Trinajstić information content (AvgIpc) is 3.39. The summed E-state index contributed by atoms with van der Waals surface area (Å²) in [6, 6.07) is 11.6. The standard InChI is InChI=1S/C25H31ClN6O2/c26-20-4-1-5-21(15-20)30-11-13-32(14-12-30)24(33)18-6-9-31(10-7-18)25(34)23-16-22(28-29-23)19-3-2-8-27-17-19/h1-5,8,15,17-18,22-23,28-29H,6-7,9-14,16H2. The first-order chi connectivity index (χ1) is 16.6. The van der Waals surface area contributed by atoms with Crippen LogP contribution in [0.2, 0.25) is 5.02 Å². The van der Waals surface area contributed by atoms with Crippen molar-refractivity contribution in [1.82, 2.24) is 25.6 Å². The first-order valence-corrected chi connectivity index (χ1v) is 12.5. The van der Waals surface area contributed by atoms with E-state index in [-0.39, 0.29) is 29.8 Å². The number of carbonyl (C=O) groups excluding carboxylic acids is 2. The number of nitrogens with one attached hydrogen (secondary N) is 2. The summed E-state index contributed by atoms with van der Waals surface area (Å²) >= 11 is 6.13. The molecule has 2 amide bonds. The van der Waals surface area contributed by atoms with Gasteiger partial charge in [-0.05, 0) is 49.1 Å². The number of anilines is 1. The van der Waals surface area contributed by atoms with E-state index < -0.39 is 0 Å². The van der Waals surface area contributed by atoms with Crippen molar-refractivity contribution in [2.75, 3.05) is 44.2 Å². The second-order valence-electron chi connectivity index (χ2n) is 9.31. The van der Waals surface area contributed by atoms with Crippen LogP contribution < -0.4 is 15.8 Å². The Morgan fingerprint density at radius 1 is 0.912 bits per heavy atom. The Bertz CT molecular complexity index is 1010. The highest BCUT2D eigenvalue weighted by atomic mass is 35.5. The fourth-order valence-corrected chi connectivity index (χ4v) is 5.39. The molecule has 2 aromatic rings. The molecule has 9 heteroatoms. The third-order valence-corrected chi connectivity index (χ3v) is 7.44. The van der Waals surface area contributed by atoms with E-state index in [4.69, 9.17) is 11.6 Å². The van der Waals surface area contributed by atoms with Gasteiger partial charge in [0.2, 0.25) is 11.8 Å². The molecule has 2 N–H and O–H groups in total. The summed E-state index contributed by atoms with van der Waals surface area (Å²) in [7, 11) is 0. The zero-order valence-electron chi connectivity index (χ0n) is 19.2.